The Morgan fingerprint density at radius 2 is 1.79 bits per heavy atom. The van der Waals surface area contributed by atoms with Crippen LogP contribution in [0, 0.1) is 0 Å². The number of nitrogen functional groups attached to an aromatic ring is 1. The number of nitrogens with one attached hydrogen (secondary N) is 2. The van der Waals surface area contributed by atoms with E-state index in [0.717, 1.165) is 22.1 Å². The Kier molecular flexibility index (Phi) is 5.23. The normalized spacial score (nSPS) is 13.4. The van der Waals surface area contributed by atoms with Gasteiger partial charge in [0.1, 0.15) is 0 Å². The number of hydrogen-bond acceptors (Lipinski definition) is 7. The molecule has 0 radical (unpaired) electrons. The summed E-state index contributed by atoms with van der Waals surface area (Å²) in [5.41, 5.74) is 9.37. The maximum absolute atomic E-state index is 11.8. The Morgan fingerprint density at radius 3 is 2.46 bits per heavy atom. The zero-order valence-corrected chi connectivity index (χ0v) is 14.5. The number of amides is 3. The molecule has 0 bridgehead atoms. The predicted octanol–water partition coefficient (Wildman–Crippen LogP) is 1.38. The average molecular weight is 384 g/mol. The number of aromatic amines is 1. The zero-order chi connectivity index (χ0) is 20.3. The van der Waals surface area contributed by atoms with Crippen molar-refractivity contribution >= 4 is 34.5 Å². The van der Waals surface area contributed by atoms with Gasteiger partial charge in [0.2, 0.25) is 5.43 Å². The smallest absolute Gasteiger partial charge is 0.396 e. The lowest BCUT2D eigenvalue weighted by Crippen LogP contribution is -2.35. The van der Waals surface area contributed by atoms with Crippen LogP contribution < -0.4 is 16.6 Å². The van der Waals surface area contributed by atoms with Crippen molar-refractivity contribution in [3.63, 3.8) is 0 Å². The summed E-state index contributed by atoms with van der Waals surface area (Å²) in [6.07, 6.45) is -1.21. The van der Waals surface area contributed by atoms with E-state index < -0.39 is 17.9 Å². The lowest BCUT2D eigenvalue weighted by Gasteiger charge is -2.10. The molecule has 28 heavy (non-hydrogen) atoms. The fraction of sp³-hybridized carbons (Fsp3) is 0.111. The second-order valence-corrected chi connectivity index (χ2v) is 5.87. The second kappa shape index (κ2) is 7.76. The number of carbonyl (C=O) groups excluding carboxylic acids is 3. The van der Waals surface area contributed by atoms with E-state index in [-0.39, 0.29) is 24.0 Å². The summed E-state index contributed by atoms with van der Waals surface area (Å²) >= 11 is 0. The molecule has 1 fully saturated rings. The van der Waals surface area contributed by atoms with Crippen molar-refractivity contribution in [3.05, 3.63) is 52.7 Å². The first-order valence-corrected chi connectivity index (χ1v) is 8.19. The maximum Gasteiger partial charge on any atom is 0.456 e. The van der Waals surface area contributed by atoms with E-state index in [4.69, 9.17) is 10.9 Å². The number of nitrogens with two attached hydrogens (primary N) is 1. The number of hydrogen-bond donors (Lipinski definition) is 4. The lowest BCUT2D eigenvalue weighted by molar-refractivity contribution is -0.173. The summed E-state index contributed by atoms with van der Waals surface area (Å²) in [5, 5.41) is 9.33. The molecule has 0 unspecified atom stereocenters. The fourth-order valence-corrected chi connectivity index (χ4v) is 2.67. The van der Waals surface area contributed by atoms with Crippen LogP contribution in [0.4, 0.5) is 10.5 Å². The van der Waals surface area contributed by atoms with Gasteiger partial charge in [-0.15, -0.1) is 5.06 Å². The molecule has 3 aliphatic rings. The first kappa shape index (κ1) is 18.9. The van der Waals surface area contributed by atoms with Gasteiger partial charge in [-0.3, -0.25) is 19.6 Å². The number of para-hydroxylation sites is 1. The van der Waals surface area contributed by atoms with Crippen molar-refractivity contribution in [2.75, 3.05) is 5.73 Å². The molecule has 2 heterocycles. The Bertz CT molecular complexity index is 1080. The topological polar surface area (TPSA) is 155 Å². The molecule has 0 aromatic heterocycles. The summed E-state index contributed by atoms with van der Waals surface area (Å²) in [6.45, 7) is 0. The van der Waals surface area contributed by atoms with E-state index in [1.165, 1.54) is 0 Å². The molecule has 0 spiro atoms. The third kappa shape index (κ3) is 3.76. The Morgan fingerprint density at radius 1 is 1.11 bits per heavy atom. The van der Waals surface area contributed by atoms with Gasteiger partial charge in [-0.25, -0.2) is 10.3 Å². The van der Waals surface area contributed by atoms with Crippen LogP contribution in [0.15, 0.2) is 47.3 Å². The standard InChI is InChI=1S/C13H10N2O.C5H6N2O5/c14-10-5-6-12-9(13(10)16)7-8-3-1-2-4-11(8)15-12;8-3-1-2-4(9)7(3)12-5(10)6-11/h1-7,15H,14H2;11H,1-2H2,(H,6,10). The SMILES string of the molecule is Nc1ccc2[nH]c3ccccc3cc-2c1=O.O=C(NO)ON1C(=O)CCC1=O. The van der Waals surface area contributed by atoms with Gasteiger partial charge in [-0.2, -0.15) is 0 Å². The molecule has 10 nitrogen and oxygen atoms in total. The number of fused-ring (bicyclic) bond motifs is 2. The monoisotopic (exact) mass is 384 g/mol. The largest absolute Gasteiger partial charge is 0.456 e. The number of carbonyl (C=O) groups is 3. The van der Waals surface area contributed by atoms with Crippen LogP contribution in [0.25, 0.3) is 22.2 Å². The molecule has 4 rings (SSSR count). The van der Waals surface area contributed by atoms with Crippen molar-refractivity contribution in [3.8, 4) is 11.3 Å². The molecular formula is C18H16N4O6. The number of anilines is 1. The molecule has 1 aliphatic carbocycles. The third-order valence-electron chi connectivity index (χ3n) is 4.03. The summed E-state index contributed by atoms with van der Waals surface area (Å²) in [5.74, 6) is -1.19. The number of hydroxylamine groups is 3. The van der Waals surface area contributed by atoms with Crippen LogP contribution in [0.2, 0.25) is 0 Å². The lowest BCUT2D eigenvalue weighted by atomic mass is 10.0. The predicted molar refractivity (Wildman–Crippen MR) is 98.1 cm³/mol. The van der Waals surface area contributed by atoms with E-state index in [1.807, 2.05) is 36.4 Å². The molecule has 1 saturated heterocycles. The second-order valence-electron chi connectivity index (χ2n) is 5.87. The van der Waals surface area contributed by atoms with Crippen LogP contribution in [-0.2, 0) is 14.4 Å². The third-order valence-corrected chi connectivity index (χ3v) is 4.03. The van der Waals surface area contributed by atoms with Crippen LogP contribution in [0.3, 0.4) is 0 Å². The molecule has 10 heteroatoms. The fourth-order valence-electron chi connectivity index (χ4n) is 2.67. The molecule has 3 amide bonds. The first-order chi connectivity index (χ1) is 13.4. The molecule has 144 valence electrons. The molecule has 0 atom stereocenters. The number of H-pyrrole nitrogens is 1. The molecular weight excluding hydrogens is 368 g/mol. The molecule has 1 aromatic carbocycles. The minimum Gasteiger partial charge on any atom is -0.396 e. The Balaban J connectivity index is 0.000000169. The van der Waals surface area contributed by atoms with E-state index in [2.05, 4.69) is 9.82 Å². The van der Waals surface area contributed by atoms with E-state index in [1.54, 1.807) is 6.07 Å². The minimum absolute atomic E-state index is 0.0253. The average Bonchev–Trinajstić information content (AvgIpc) is 3.02. The van der Waals surface area contributed by atoms with Crippen molar-refractivity contribution < 1.29 is 24.4 Å². The molecule has 2 aliphatic heterocycles. The molecule has 5 N–H and O–H groups in total. The highest BCUT2D eigenvalue weighted by molar-refractivity contribution is 6.01. The van der Waals surface area contributed by atoms with Gasteiger partial charge in [-0.1, -0.05) is 18.2 Å². The van der Waals surface area contributed by atoms with Crippen molar-refractivity contribution in [1.82, 2.24) is 15.5 Å². The van der Waals surface area contributed by atoms with Gasteiger partial charge in [-0.05, 0) is 29.7 Å². The van der Waals surface area contributed by atoms with Crippen molar-refractivity contribution in [1.29, 1.82) is 0 Å². The van der Waals surface area contributed by atoms with E-state index in [9.17, 15) is 19.2 Å². The highest BCUT2D eigenvalue weighted by Gasteiger charge is 2.32. The first-order valence-electron chi connectivity index (χ1n) is 8.19. The zero-order valence-electron chi connectivity index (χ0n) is 14.5. The summed E-state index contributed by atoms with van der Waals surface area (Å²) in [7, 11) is 0. The molecule has 0 saturated carbocycles. The quantitative estimate of drug-likeness (QED) is 0.162. The number of rotatable bonds is 1. The van der Waals surface area contributed by atoms with Crippen molar-refractivity contribution in [2.45, 2.75) is 12.8 Å². The van der Waals surface area contributed by atoms with Crippen LogP contribution in [0.1, 0.15) is 12.8 Å². The number of imide groups is 1. The minimum atomic E-state index is -1.27. The summed E-state index contributed by atoms with van der Waals surface area (Å²) in [6, 6.07) is 13.2. The van der Waals surface area contributed by atoms with Gasteiger partial charge in [0.05, 0.1) is 5.69 Å². The number of nitrogens with zero attached hydrogens (tertiary/aromatic N) is 1. The van der Waals surface area contributed by atoms with Gasteiger partial charge >= 0.3 is 6.09 Å². The number of benzene rings is 2. The number of pyridine rings is 1. The maximum atomic E-state index is 11.8. The summed E-state index contributed by atoms with van der Waals surface area (Å²) in [4.78, 5) is 51.0. The van der Waals surface area contributed by atoms with Gasteiger partial charge < -0.3 is 15.6 Å². The van der Waals surface area contributed by atoms with Crippen molar-refractivity contribution in [2.24, 2.45) is 0 Å². The van der Waals surface area contributed by atoms with Crippen LogP contribution in [0.5, 0.6) is 0 Å². The van der Waals surface area contributed by atoms with Crippen LogP contribution >= 0.6 is 0 Å². The van der Waals surface area contributed by atoms with Gasteiger partial charge in [0.15, 0.2) is 0 Å². The Labute approximate surface area is 157 Å². The Hall–Kier alpha value is -3.92. The highest BCUT2D eigenvalue weighted by atomic mass is 16.8. The highest BCUT2D eigenvalue weighted by Crippen LogP contribution is 2.22. The summed E-state index contributed by atoms with van der Waals surface area (Å²) < 4.78 is 0. The number of aromatic nitrogens is 1. The van der Waals surface area contributed by atoms with E-state index >= 15 is 0 Å². The van der Waals surface area contributed by atoms with Gasteiger partial charge in [0.25, 0.3) is 11.8 Å². The van der Waals surface area contributed by atoms with Crippen LogP contribution in [-0.4, -0.2) is 33.2 Å². The van der Waals surface area contributed by atoms with Gasteiger partial charge in [0, 0.05) is 29.6 Å². The van der Waals surface area contributed by atoms with E-state index in [0.29, 0.717) is 10.6 Å². The molecule has 1 aromatic rings.